The van der Waals surface area contributed by atoms with E-state index in [2.05, 4.69) is 15.9 Å². The number of rotatable bonds is 4. The Kier molecular flexibility index (Phi) is 4.61. The second-order valence-corrected chi connectivity index (χ2v) is 6.15. The monoisotopic (exact) mass is 379 g/mol. The molecule has 2 aromatic rings. The van der Waals surface area contributed by atoms with Crippen LogP contribution in [0.3, 0.4) is 0 Å². The summed E-state index contributed by atoms with van der Waals surface area (Å²) in [5.74, 6) is 1.71. The van der Waals surface area contributed by atoms with E-state index in [9.17, 15) is 4.79 Å². The third-order valence-electron chi connectivity index (χ3n) is 4.10. The summed E-state index contributed by atoms with van der Waals surface area (Å²) in [6, 6.07) is 9.10. The number of furan rings is 1. The first kappa shape index (κ1) is 15.9. The fraction of sp³-hybridized carbons (Fsp3) is 0.353. The average molecular weight is 380 g/mol. The minimum absolute atomic E-state index is 0.0211. The van der Waals surface area contributed by atoms with Gasteiger partial charge in [-0.2, -0.15) is 0 Å². The van der Waals surface area contributed by atoms with E-state index in [0.717, 1.165) is 29.9 Å². The summed E-state index contributed by atoms with van der Waals surface area (Å²) in [6.07, 6.45) is 1.85. The van der Waals surface area contributed by atoms with Gasteiger partial charge in [0.1, 0.15) is 11.5 Å². The second kappa shape index (κ2) is 6.66. The van der Waals surface area contributed by atoms with Gasteiger partial charge in [-0.05, 0) is 53.0 Å². The van der Waals surface area contributed by atoms with Gasteiger partial charge in [0.05, 0.1) is 20.3 Å². The molecule has 0 N–H and O–H groups in total. The molecular weight excluding hydrogens is 362 g/mol. The molecule has 5 nitrogen and oxygen atoms in total. The first-order valence-electron chi connectivity index (χ1n) is 7.42. The molecule has 2 heterocycles. The standard InChI is InChI=1S/C17H18BrNO4/c1-21-11-5-6-12(15(10-11)22-2)13-4-3-9-19(13)17(20)14-7-8-16(18)23-14/h5-8,10,13H,3-4,9H2,1-2H3/t13-/m0/s1. The number of amides is 1. The van der Waals surface area contributed by atoms with Gasteiger partial charge in [-0.3, -0.25) is 4.79 Å². The number of ether oxygens (including phenoxy) is 2. The number of halogens is 1. The molecule has 0 bridgehead atoms. The van der Waals surface area contributed by atoms with Gasteiger partial charge < -0.3 is 18.8 Å². The Hall–Kier alpha value is -1.95. The summed E-state index contributed by atoms with van der Waals surface area (Å²) in [6.45, 7) is 0.705. The normalized spacial score (nSPS) is 17.3. The van der Waals surface area contributed by atoms with Gasteiger partial charge in [0.2, 0.25) is 0 Å². The van der Waals surface area contributed by atoms with Crippen LogP contribution in [0.4, 0.5) is 0 Å². The minimum atomic E-state index is -0.101. The first-order valence-corrected chi connectivity index (χ1v) is 8.21. The quantitative estimate of drug-likeness (QED) is 0.804. The zero-order chi connectivity index (χ0) is 16.4. The van der Waals surface area contributed by atoms with Crippen LogP contribution in [0, 0.1) is 0 Å². The number of carbonyl (C=O) groups is 1. The predicted molar refractivity (Wildman–Crippen MR) is 89.0 cm³/mol. The van der Waals surface area contributed by atoms with Gasteiger partial charge in [-0.1, -0.05) is 0 Å². The fourth-order valence-electron chi connectivity index (χ4n) is 3.00. The number of carbonyl (C=O) groups excluding carboxylic acids is 1. The van der Waals surface area contributed by atoms with Crippen LogP contribution in [0.25, 0.3) is 0 Å². The molecule has 23 heavy (non-hydrogen) atoms. The van der Waals surface area contributed by atoms with E-state index < -0.39 is 0 Å². The molecule has 0 saturated carbocycles. The van der Waals surface area contributed by atoms with Crippen LogP contribution in [0.1, 0.15) is 35.0 Å². The Morgan fingerprint density at radius 3 is 2.74 bits per heavy atom. The van der Waals surface area contributed by atoms with Crippen LogP contribution in [0.5, 0.6) is 11.5 Å². The molecule has 1 saturated heterocycles. The largest absolute Gasteiger partial charge is 0.497 e. The van der Waals surface area contributed by atoms with Crippen LogP contribution < -0.4 is 9.47 Å². The van der Waals surface area contributed by atoms with Gasteiger partial charge in [0.15, 0.2) is 10.4 Å². The summed E-state index contributed by atoms with van der Waals surface area (Å²) >= 11 is 3.24. The number of benzene rings is 1. The van der Waals surface area contributed by atoms with Crippen molar-refractivity contribution in [3.8, 4) is 11.5 Å². The minimum Gasteiger partial charge on any atom is -0.497 e. The third kappa shape index (κ3) is 3.08. The lowest BCUT2D eigenvalue weighted by atomic mass is 10.0. The molecule has 0 radical (unpaired) electrons. The Balaban J connectivity index is 1.91. The molecule has 3 rings (SSSR count). The number of nitrogens with zero attached hydrogens (tertiary/aromatic N) is 1. The van der Waals surface area contributed by atoms with Crippen molar-refractivity contribution in [2.24, 2.45) is 0 Å². The zero-order valence-electron chi connectivity index (χ0n) is 13.0. The molecule has 1 fully saturated rings. The van der Waals surface area contributed by atoms with E-state index in [-0.39, 0.29) is 11.9 Å². The SMILES string of the molecule is COc1ccc([C@@H]2CCCN2C(=O)c2ccc(Br)o2)c(OC)c1. The Bertz CT molecular complexity index is 712. The number of hydrogen-bond donors (Lipinski definition) is 0. The van der Waals surface area contributed by atoms with E-state index in [1.807, 2.05) is 23.1 Å². The van der Waals surface area contributed by atoms with E-state index in [0.29, 0.717) is 17.0 Å². The second-order valence-electron chi connectivity index (χ2n) is 5.37. The fourth-order valence-corrected chi connectivity index (χ4v) is 3.30. The summed E-state index contributed by atoms with van der Waals surface area (Å²) < 4.78 is 16.7. The van der Waals surface area contributed by atoms with Crippen LogP contribution in [0.15, 0.2) is 39.4 Å². The maximum atomic E-state index is 12.7. The molecule has 1 atom stereocenters. The number of hydrogen-bond acceptors (Lipinski definition) is 4. The van der Waals surface area contributed by atoms with Crippen molar-refractivity contribution in [3.05, 3.63) is 46.3 Å². The number of likely N-dealkylation sites (tertiary alicyclic amines) is 1. The highest BCUT2D eigenvalue weighted by atomic mass is 79.9. The van der Waals surface area contributed by atoms with E-state index in [1.54, 1.807) is 26.4 Å². The zero-order valence-corrected chi connectivity index (χ0v) is 14.6. The van der Waals surface area contributed by atoms with Crippen LogP contribution in [-0.2, 0) is 0 Å². The van der Waals surface area contributed by atoms with Crippen LogP contribution in [-0.4, -0.2) is 31.6 Å². The first-order chi connectivity index (χ1) is 11.1. The predicted octanol–water partition coefficient (Wildman–Crippen LogP) is 4.04. The highest BCUT2D eigenvalue weighted by Crippen LogP contribution is 2.39. The summed E-state index contributed by atoms with van der Waals surface area (Å²) in [5.41, 5.74) is 0.991. The Labute approximate surface area is 143 Å². The Morgan fingerprint density at radius 1 is 1.26 bits per heavy atom. The molecular formula is C17H18BrNO4. The van der Waals surface area contributed by atoms with Crippen molar-refractivity contribution < 1.29 is 18.7 Å². The van der Waals surface area contributed by atoms with E-state index in [4.69, 9.17) is 13.9 Å². The molecule has 0 spiro atoms. The van der Waals surface area contributed by atoms with Crippen molar-refractivity contribution >= 4 is 21.8 Å². The van der Waals surface area contributed by atoms with Crippen LogP contribution in [0.2, 0.25) is 0 Å². The lowest BCUT2D eigenvalue weighted by Crippen LogP contribution is -2.30. The average Bonchev–Trinajstić information content (AvgIpc) is 3.22. The highest BCUT2D eigenvalue weighted by Gasteiger charge is 2.33. The number of methoxy groups -OCH3 is 2. The molecule has 6 heteroatoms. The topological polar surface area (TPSA) is 51.9 Å². The van der Waals surface area contributed by atoms with Gasteiger partial charge in [-0.25, -0.2) is 0 Å². The van der Waals surface area contributed by atoms with Crippen molar-refractivity contribution in [2.75, 3.05) is 20.8 Å². The third-order valence-corrected chi connectivity index (χ3v) is 4.52. The molecule has 1 aromatic carbocycles. The summed E-state index contributed by atoms with van der Waals surface area (Å²) in [4.78, 5) is 14.6. The summed E-state index contributed by atoms with van der Waals surface area (Å²) in [7, 11) is 3.25. The van der Waals surface area contributed by atoms with Gasteiger partial charge in [0.25, 0.3) is 5.91 Å². The molecule has 0 unspecified atom stereocenters. The molecule has 122 valence electrons. The lowest BCUT2D eigenvalue weighted by Gasteiger charge is -2.25. The van der Waals surface area contributed by atoms with E-state index >= 15 is 0 Å². The van der Waals surface area contributed by atoms with Gasteiger partial charge >= 0.3 is 0 Å². The van der Waals surface area contributed by atoms with Crippen molar-refractivity contribution in [1.29, 1.82) is 0 Å². The molecule has 0 aliphatic carbocycles. The highest BCUT2D eigenvalue weighted by molar-refractivity contribution is 9.10. The van der Waals surface area contributed by atoms with E-state index in [1.165, 1.54) is 0 Å². The molecule has 1 aliphatic rings. The van der Waals surface area contributed by atoms with Gasteiger partial charge in [0, 0.05) is 18.2 Å². The lowest BCUT2D eigenvalue weighted by molar-refractivity contribution is 0.0700. The van der Waals surface area contributed by atoms with Crippen LogP contribution >= 0.6 is 15.9 Å². The summed E-state index contributed by atoms with van der Waals surface area (Å²) in [5, 5.41) is 0. The van der Waals surface area contributed by atoms with Crippen molar-refractivity contribution in [1.82, 2.24) is 4.90 Å². The maximum Gasteiger partial charge on any atom is 0.290 e. The smallest absolute Gasteiger partial charge is 0.290 e. The maximum absolute atomic E-state index is 12.7. The Morgan fingerprint density at radius 2 is 2.09 bits per heavy atom. The molecule has 1 aromatic heterocycles. The van der Waals surface area contributed by atoms with Crippen molar-refractivity contribution in [3.63, 3.8) is 0 Å². The molecule has 1 aliphatic heterocycles. The van der Waals surface area contributed by atoms with Gasteiger partial charge in [-0.15, -0.1) is 0 Å². The van der Waals surface area contributed by atoms with Crippen molar-refractivity contribution in [2.45, 2.75) is 18.9 Å². The molecule has 1 amide bonds.